The zero-order valence-corrected chi connectivity index (χ0v) is 10.1. The van der Waals surface area contributed by atoms with E-state index >= 15 is 0 Å². The lowest BCUT2D eigenvalue weighted by Gasteiger charge is -2.11. The van der Waals surface area contributed by atoms with Crippen LogP contribution in [0.1, 0.15) is 5.56 Å². The molecule has 0 aromatic heterocycles. The van der Waals surface area contributed by atoms with Gasteiger partial charge in [-0.2, -0.15) is 0 Å². The minimum absolute atomic E-state index is 0. The zero-order chi connectivity index (χ0) is 10.5. The monoisotopic (exact) mass is 241 g/mol. The van der Waals surface area contributed by atoms with E-state index in [9.17, 15) is 0 Å². The molecule has 88 valence electrons. The Morgan fingerprint density at radius 3 is 2.62 bits per heavy atom. The van der Waals surface area contributed by atoms with Crippen LogP contribution in [0.25, 0.3) is 0 Å². The molecule has 4 heteroatoms. The average Bonchev–Trinajstić information content (AvgIpc) is 2.31. The number of ether oxygens (including phenoxy) is 2. The van der Waals surface area contributed by atoms with E-state index < -0.39 is 0 Å². The van der Waals surface area contributed by atoms with E-state index in [0.717, 1.165) is 37.6 Å². The Balaban J connectivity index is 0.00000128. The van der Waals surface area contributed by atoms with Gasteiger partial charge in [0.2, 0.25) is 0 Å². The summed E-state index contributed by atoms with van der Waals surface area (Å²) in [6.45, 7) is 3.54. The first-order valence-electron chi connectivity index (χ1n) is 5.20. The zero-order valence-electron chi connectivity index (χ0n) is 9.36. The third-order valence-electron chi connectivity index (χ3n) is 2.51. The molecule has 1 aliphatic heterocycles. The lowest BCUT2D eigenvalue weighted by molar-refractivity contribution is -0.544. The first kappa shape index (κ1) is 13.0. The number of rotatable bonds is 2. The number of halogens is 1. The summed E-state index contributed by atoms with van der Waals surface area (Å²) in [6.07, 6.45) is 2.14. The van der Waals surface area contributed by atoms with E-state index in [-0.39, 0.29) is 12.4 Å². The summed E-state index contributed by atoms with van der Waals surface area (Å²) in [4.78, 5) is 0. The molecule has 1 heterocycles. The summed E-state index contributed by atoms with van der Waals surface area (Å²) in [5.74, 6) is 0.920. The van der Waals surface area contributed by atoms with Crippen molar-refractivity contribution in [3.05, 3.63) is 29.8 Å². The fraction of sp³-hybridized carbons (Fsp3) is 0.417. The topological polar surface area (TPSA) is 21.5 Å². The summed E-state index contributed by atoms with van der Waals surface area (Å²) in [6, 6.07) is 8.05. The summed E-state index contributed by atoms with van der Waals surface area (Å²) in [5.41, 5.74) is 1.13. The second kappa shape index (κ2) is 6.51. The summed E-state index contributed by atoms with van der Waals surface area (Å²) >= 11 is 0. The second-order valence-electron chi connectivity index (χ2n) is 3.52. The van der Waals surface area contributed by atoms with Crippen LogP contribution in [0.5, 0.6) is 5.75 Å². The first-order valence-corrected chi connectivity index (χ1v) is 5.20. The molecule has 1 aromatic rings. The van der Waals surface area contributed by atoms with Crippen LogP contribution in [-0.2, 0) is 4.74 Å². The van der Waals surface area contributed by atoms with Gasteiger partial charge in [-0.1, -0.05) is 12.1 Å². The number of nitrogens with zero attached hydrogens (tertiary/aromatic N) is 1. The van der Waals surface area contributed by atoms with E-state index in [0.29, 0.717) is 0 Å². The molecule has 0 radical (unpaired) electrons. The van der Waals surface area contributed by atoms with Crippen LogP contribution in [-0.4, -0.2) is 44.2 Å². The second-order valence-corrected chi connectivity index (χ2v) is 3.52. The summed E-state index contributed by atoms with van der Waals surface area (Å²) in [5, 5.41) is 0. The van der Waals surface area contributed by atoms with Gasteiger partial charge < -0.3 is 21.9 Å². The third kappa shape index (κ3) is 3.22. The molecule has 1 saturated heterocycles. The lowest BCUT2D eigenvalue weighted by atomic mass is 10.2. The van der Waals surface area contributed by atoms with Gasteiger partial charge in [0, 0.05) is 0 Å². The Morgan fingerprint density at radius 2 is 1.94 bits per heavy atom. The number of benzene rings is 1. The maximum absolute atomic E-state index is 5.30. The van der Waals surface area contributed by atoms with Gasteiger partial charge in [-0.25, -0.2) is 4.58 Å². The van der Waals surface area contributed by atoms with Gasteiger partial charge in [0.25, 0.3) is 0 Å². The molecular weight excluding hydrogens is 226 g/mol. The number of morpholine rings is 1. The molecule has 0 aliphatic carbocycles. The molecule has 2 rings (SSSR count). The highest BCUT2D eigenvalue weighted by Gasteiger charge is 2.12. The number of para-hydroxylation sites is 1. The quantitative estimate of drug-likeness (QED) is 0.568. The molecule has 3 nitrogen and oxygen atoms in total. The fourth-order valence-corrected chi connectivity index (χ4v) is 1.68. The van der Waals surface area contributed by atoms with Gasteiger partial charge in [0.15, 0.2) is 19.3 Å². The van der Waals surface area contributed by atoms with Crippen LogP contribution in [0.2, 0.25) is 0 Å². The molecule has 16 heavy (non-hydrogen) atoms. The molecule has 0 N–H and O–H groups in total. The van der Waals surface area contributed by atoms with Crippen LogP contribution in [0.3, 0.4) is 0 Å². The Morgan fingerprint density at radius 1 is 1.25 bits per heavy atom. The van der Waals surface area contributed by atoms with Crippen molar-refractivity contribution in [1.29, 1.82) is 0 Å². The molecule has 0 unspecified atom stereocenters. The molecular formula is C12H16ClNO2. The van der Waals surface area contributed by atoms with Crippen molar-refractivity contribution >= 4 is 6.21 Å². The largest absolute Gasteiger partial charge is 1.00 e. The Bertz CT molecular complexity index is 358. The smallest absolute Gasteiger partial charge is 0.174 e. The molecule has 0 saturated carbocycles. The lowest BCUT2D eigenvalue weighted by Crippen LogP contribution is -3.00. The molecule has 0 bridgehead atoms. The van der Waals surface area contributed by atoms with Gasteiger partial charge in [0.05, 0.1) is 12.7 Å². The Labute approximate surface area is 102 Å². The molecule has 1 aromatic carbocycles. The Kier molecular flexibility index (Phi) is 5.29. The number of methoxy groups -OCH3 is 1. The van der Waals surface area contributed by atoms with E-state index in [4.69, 9.17) is 9.47 Å². The van der Waals surface area contributed by atoms with Crippen LogP contribution in [0.15, 0.2) is 24.3 Å². The van der Waals surface area contributed by atoms with Crippen LogP contribution >= 0.6 is 0 Å². The van der Waals surface area contributed by atoms with Crippen molar-refractivity contribution < 1.29 is 26.5 Å². The molecule has 0 atom stereocenters. The molecule has 0 amide bonds. The predicted octanol–water partition coefficient (Wildman–Crippen LogP) is -1.84. The molecule has 1 fully saturated rings. The van der Waals surface area contributed by atoms with Gasteiger partial charge in [-0.05, 0) is 12.1 Å². The van der Waals surface area contributed by atoms with Crippen molar-refractivity contribution in [1.82, 2.24) is 0 Å². The van der Waals surface area contributed by atoms with Crippen molar-refractivity contribution in [2.24, 2.45) is 0 Å². The molecule has 0 spiro atoms. The third-order valence-corrected chi connectivity index (χ3v) is 2.51. The summed E-state index contributed by atoms with van der Waals surface area (Å²) in [7, 11) is 1.70. The van der Waals surface area contributed by atoms with E-state index in [1.165, 1.54) is 0 Å². The highest BCUT2D eigenvalue weighted by Crippen LogP contribution is 2.14. The fourth-order valence-electron chi connectivity index (χ4n) is 1.68. The van der Waals surface area contributed by atoms with Crippen molar-refractivity contribution in [3.8, 4) is 5.75 Å². The number of hydrogen-bond donors (Lipinski definition) is 0. The first-order chi connectivity index (χ1) is 7.40. The van der Waals surface area contributed by atoms with Gasteiger partial charge in [-0.3, -0.25) is 0 Å². The number of hydrogen-bond acceptors (Lipinski definition) is 2. The van der Waals surface area contributed by atoms with Crippen LogP contribution < -0.4 is 17.1 Å². The Hall–Kier alpha value is -1.06. The summed E-state index contributed by atoms with van der Waals surface area (Å²) < 4.78 is 12.9. The van der Waals surface area contributed by atoms with Crippen molar-refractivity contribution in [2.45, 2.75) is 0 Å². The van der Waals surface area contributed by atoms with Gasteiger partial charge in [-0.15, -0.1) is 0 Å². The van der Waals surface area contributed by atoms with E-state index in [1.54, 1.807) is 7.11 Å². The van der Waals surface area contributed by atoms with Crippen molar-refractivity contribution in [3.63, 3.8) is 0 Å². The van der Waals surface area contributed by atoms with Crippen molar-refractivity contribution in [2.75, 3.05) is 33.4 Å². The average molecular weight is 242 g/mol. The highest BCUT2D eigenvalue weighted by atomic mass is 35.5. The predicted molar refractivity (Wildman–Crippen MR) is 59.0 cm³/mol. The maximum atomic E-state index is 5.30. The molecule has 1 aliphatic rings. The minimum atomic E-state index is 0. The SMILES string of the molecule is COc1ccccc1C=[N+]1CCOCC1.[Cl-]. The van der Waals surface area contributed by atoms with Gasteiger partial charge in [0.1, 0.15) is 19.0 Å². The van der Waals surface area contributed by atoms with E-state index in [2.05, 4.69) is 16.9 Å². The normalized spacial score (nSPS) is 15.2. The highest BCUT2D eigenvalue weighted by molar-refractivity contribution is 5.79. The minimum Gasteiger partial charge on any atom is -1.00 e. The standard InChI is InChI=1S/C12H16NO2.ClH/c1-14-12-5-3-2-4-11(12)10-13-6-8-15-9-7-13;/h2-5,10H,6-9H2,1H3;1H/q+1;/p-1. The van der Waals surface area contributed by atoms with Gasteiger partial charge >= 0.3 is 0 Å². The van der Waals surface area contributed by atoms with Crippen LogP contribution in [0, 0.1) is 0 Å². The van der Waals surface area contributed by atoms with E-state index in [1.807, 2.05) is 18.2 Å². The van der Waals surface area contributed by atoms with Crippen LogP contribution in [0.4, 0.5) is 0 Å². The maximum Gasteiger partial charge on any atom is 0.174 e.